The lowest BCUT2D eigenvalue weighted by atomic mass is 10.0. The lowest BCUT2D eigenvalue weighted by Crippen LogP contribution is -2.24. The van der Waals surface area contributed by atoms with Crippen molar-refractivity contribution >= 4 is 11.6 Å². The summed E-state index contributed by atoms with van der Waals surface area (Å²) in [6.07, 6.45) is 2.35. The van der Waals surface area contributed by atoms with Crippen molar-refractivity contribution in [1.82, 2.24) is 4.98 Å². The van der Waals surface area contributed by atoms with E-state index in [2.05, 4.69) is 9.88 Å². The molecule has 1 aromatic rings. The van der Waals surface area contributed by atoms with Crippen molar-refractivity contribution in [3.05, 3.63) is 23.9 Å². The monoisotopic (exact) mass is 234 g/mol. The van der Waals surface area contributed by atoms with Crippen LogP contribution in [0.5, 0.6) is 0 Å². The van der Waals surface area contributed by atoms with E-state index in [1.807, 2.05) is 13.0 Å². The van der Waals surface area contributed by atoms with Crippen molar-refractivity contribution in [1.29, 1.82) is 0 Å². The van der Waals surface area contributed by atoms with Gasteiger partial charge in [-0.2, -0.15) is 0 Å². The molecular weight excluding hydrogens is 216 g/mol. The molecule has 2 rings (SSSR count). The second-order valence-corrected chi connectivity index (χ2v) is 4.70. The van der Waals surface area contributed by atoms with E-state index in [9.17, 15) is 9.90 Å². The van der Waals surface area contributed by atoms with E-state index in [-0.39, 0.29) is 11.9 Å². The zero-order valence-corrected chi connectivity index (χ0v) is 10.3. The van der Waals surface area contributed by atoms with E-state index in [1.54, 1.807) is 12.3 Å². The van der Waals surface area contributed by atoms with Crippen molar-refractivity contribution in [2.75, 3.05) is 18.0 Å². The first-order valence-corrected chi connectivity index (χ1v) is 5.98. The molecule has 1 fully saturated rings. The number of carbonyl (C=O) groups excluding carboxylic acids is 1. The zero-order valence-electron chi connectivity index (χ0n) is 10.3. The molecule has 2 atom stereocenters. The third-order valence-corrected chi connectivity index (χ3v) is 3.39. The summed E-state index contributed by atoms with van der Waals surface area (Å²) in [7, 11) is 0. The van der Waals surface area contributed by atoms with Gasteiger partial charge in [0.2, 0.25) is 0 Å². The van der Waals surface area contributed by atoms with E-state index in [0.29, 0.717) is 11.5 Å². The van der Waals surface area contributed by atoms with E-state index < -0.39 is 0 Å². The van der Waals surface area contributed by atoms with Gasteiger partial charge in [0.15, 0.2) is 5.78 Å². The predicted molar refractivity (Wildman–Crippen MR) is 66.2 cm³/mol. The second-order valence-electron chi connectivity index (χ2n) is 4.70. The van der Waals surface area contributed by atoms with Gasteiger partial charge in [-0.1, -0.05) is 0 Å². The van der Waals surface area contributed by atoms with Gasteiger partial charge in [-0.3, -0.25) is 4.79 Å². The Labute approximate surface area is 101 Å². The van der Waals surface area contributed by atoms with Crippen LogP contribution in [0.1, 0.15) is 30.6 Å². The van der Waals surface area contributed by atoms with Crippen LogP contribution in [0.25, 0.3) is 0 Å². The number of ketones is 1. The minimum atomic E-state index is -0.267. The third-order valence-electron chi connectivity index (χ3n) is 3.39. The van der Waals surface area contributed by atoms with Crippen molar-refractivity contribution < 1.29 is 9.90 Å². The molecule has 1 aliphatic heterocycles. The van der Waals surface area contributed by atoms with Gasteiger partial charge in [0, 0.05) is 30.8 Å². The molecule has 0 radical (unpaired) electrons. The molecule has 0 aromatic carbocycles. The maximum Gasteiger partial charge on any atom is 0.161 e. The summed E-state index contributed by atoms with van der Waals surface area (Å²) in [6.45, 7) is 5.13. The molecule has 4 nitrogen and oxygen atoms in total. The standard InChI is InChI=1S/C13H18N2O2/c1-9(16)11-3-4-13(14-7-11)15-6-5-12(8-15)10(2)17/h3-4,7,10,12,17H,5-6,8H2,1-2H3. The number of hydrogen-bond donors (Lipinski definition) is 1. The molecule has 0 spiro atoms. The van der Waals surface area contributed by atoms with Gasteiger partial charge < -0.3 is 10.0 Å². The summed E-state index contributed by atoms with van der Waals surface area (Å²) in [5.74, 6) is 1.25. The Morgan fingerprint density at radius 3 is 2.82 bits per heavy atom. The number of carbonyl (C=O) groups is 1. The minimum Gasteiger partial charge on any atom is -0.393 e. The molecule has 2 unspecified atom stereocenters. The largest absolute Gasteiger partial charge is 0.393 e. The Bertz CT molecular complexity index is 400. The number of rotatable bonds is 3. The Morgan fingerprint density at radius 1 is 1.59 bits per heavy atom. The second kappa shape index (κ2) is 4.84. The Hall–Kier alpha value is -1.42. The average molecular weight is 234 g/mol. The SMILES string of the molecule is CC(=O)c1ccc(N2CCC(C(C)O)C2)nc1. The van der Waals surface area contributed by atoms with E-state index in [1.165, 1.54) is 6.92 Å². The maximum absolute atomic E-state index is 11.1. The summed E-state index contributed by atoms with van der Waals surface area (Å²) in [5.41, 5.74) is 0.639. The summed E-state index contributed by atoms with van der Waals surface area (Å²) in [5, 5.41) is 9.54. The van der Waals surface area contributed by atoms with Crippen molar-refractivity contribution in [2.24, 2.45) is 5.92 Å². The molecule has 1 saturated heterocycles. The number of Topliss-reactive ketones (excluding diaryl/α,β-unsaturated/α-hetero) is 1. The average Bonchev–Trinajstić information content (AvgIpc) is 2.78. The van der Waals surface area contributed by atoms with Crippen LogP contribution in [0.2, 0.25) is 0 Å². The van der Waals surface area contributed by atoms with E-state index in [4.69, 9.17) is 0 Å². The molecule has 0 saturated carbocycles. The molecule has 1 aliphatic rings. The molecular formula is C13H18N2O2. The van der Waals surface area contributed by atoms with Crippen LogP contribution >= 0.6 is 0 Å². The molecule has 2 heterocycles. The molecule has 17 heavy (non-hydrogen) atoms. The van der Waals surface area contributed by atoms with Crippen molar-refractivity contribution in [3.8, 4) is 0 Å². The highest BCUT2D eigenvalue weighted by Gasteiger charge is 2.26. The molecule has 1 N–H and O–H groups in total. The third kappa shape index (κ3) is 2.64. The number of nitrogens with zero attached hydrogens (tertiary/aromatic N) is 2. The lowest BCUT2D eigenvalue weighted by molar-refractivity contribution is 0.101. The maximum atomic E-state index is 11.1. The van der Waals surface area contributed by atoms with Crippen LogP contribution in [0.15, 0.2) is 18.3 Å². The van der Waals surface area contributed by atoms with Gasteiger partial charge in [-0.05, 0) is 32.4 Å². The molecule has 1 aromatic heterocycles. The fourth-order valence-electron chi connectivity index (χ4n) is 2.17. The van der Waals surface area contributed by atoms with Gasteiger partial charge in [0.25, 0.3) is 0 Å². The first-order valence-electron chi connectivity index (χ1n) is 5.98. The minimum absolute atomic E-state index is 0.0346. The van der Waals surface area contributed by atoms with Crippen molar-refractivity contribution in [3.63, 3.8) is 0 Å². The lowest BCUT2D eigenvalue weighted by Gasteiger charge is -2.18. The fraction of sp³-hybridized carbons (Fsp3) is 0.538. The smallest absolute Gasteiger partial charge is 0.161 e. The molecule has 0 amide bonds. The van der Waals surface area contributed by atoms with E-state index in [0.717, 1.165) is 25.3 Å². The van der Waals surface area contributed by atoms with Crippen LogP contribution in [-0.4, -0.2) is 35.1 Å². The first kappa shape index (κ1) is 12.0. The molecule has 0 bridgehead atoms. The van der Waals surface area contributed by atoms with Gasteiger partial charge >= 0.3 is 0 Å². The van der Waals surface area contributed by atoms with Crippen LogP contribution < -0.4 is 4.90 Å². The highest BCUT2D eigenvalue weighted by molar-refractivity contribution is 5.93. The Morgan fingerprint density at radius 2 is 2.35 bits per heavy atom. The van der Waals surface area contributed by atoms with Crippen molar-refractivity contribution in [2.45, 2.75) is 26.4 Å². The summed E-state index contributed by atoms with van der Waals surface area (Å²) >= 11 is 0. The topological polar surface area (TPSA) is 53.4 Å². The van der Waals surface area contributed by atoms with Gasteiger partial charge in [0.05, 0.1) is 6.10 Å². The normalized spacial score (nSPS) is 21.6. The van der Waals surface area contributed by atoms with Crippen LogP contribution in [0.4, 0.5) is 5.82 Å². The number of aromatic nitrogens is 1. The molecule has 0 aliphatic carbocycles. The van der Waals surface area contributed by atoms with Gasteiger partial charge in [0.1, 0.15) is 5.82 Å². The molecule has 92 valence electrons. The molecule has 4 heteroatoms. The predicted octanol–water partition coefficient (Wildman–Crippen LogP) is 1.49. The number of aliphatic hydroxyl groups excluding tert-OH is 1. The van der Waals surface area contributed by atoms with E-state index >= 15 is 0 Å². The Balaban J connectivity index is 2.06. The number of aliphatic hydroxyl groups is 1. The fourth-order valence-corrected chi connectivity index (χ4v) is 2.17. The van der Waals surface area contributed by atoms with Crippen LogP contribution in [0.3, 0.4) is 0 Å². The highest BCUT2D eigenvalue weighted by Crippen LogP contribution is 2.24. The quantitative estimate of drug-likeness (QED) is 0.805. The zero-order chi connectivity index (χ0) is 12.4. The highest BCUT2D eigenvalue weighted by atomic mass is 16.3. The summed E-state index contributed by atoms with van der Waals surface area (Å²) in [6, 6.07) is 3.68. The number of pyridine rings is 1. The number of anilines is 1. The first-order chi connectivity index (χ1) is 8.08. The van der Waals surface area contributed by atoms with Gasteiger partial charge in [-0.25, -0.2) is 4.98 Å². The Kier molecular flexibility index (Phi) is 3.43. The van der Waals surface area contributed by atoms with Crippen LogP contribution in [-0.2, 0) is 0 Å². The van der Waals surface area contributed by atoms with Crippen LogP contribution in [0, 0.1) is 5.92 Å². The number of hydrogen-bond acceptors (Lipinski definition) is 4. The summed E-state index contributed by atoms with van der Waals surface area (Å²) in [4.78, 5) is 17.6. The van der Waals surface area contributed by atoms with Gasteiger partial charge in [-0.15, -0.1) is 0 Å². The summed E-state index contributed by atoms with van der Waals surface area (Å²) < 4.78 is 0.